The Hall–Kier alpha value is -0.220. The summed E-state index contributed by atoms with van der Waals surface area (Å²) < 4.78 is 26.5. The van der Waals surface area contributed by atoms with Crippen LogP contribution in [0.15, 0.2) is 0 Å². The molecular formula is C13H23F2NO. The molecule has 1 aliphatic heterocycles. The van der Waals surface area contributed by atoms with Gasteiger partial charge in [0, 0.05) is 32.5 Å². The fraction of sp³-hybridized carbons (Fsp3) is 1.00. The van der Waals surface area contributed by atoms with Crippen molar-refractivity contribution in [3.8, 4) is 0 Å². The first-order valence-corrected chi connectivity index (χ1v) is 6.75. The predicted molar refractivity (Wildman–Crippen MR) is 63.2 cm³/mol. The molecule has 0 aromatic heterocycles. The quantitative estimate of drug-likeness (QED) is 0.825. The van der Waals surface area contributed by atoms with E-state index in [0.29, 0.717) is 19.5 Å². The molecule has 0 aromatic carbocycles. The van der Waals surface area contributed by atoms with Crippen molar-refractivity contribution in [2.24, 2.45) is 5.92 Å². The molecule has 4 heteroatoms. The first-order valence-electron chi connectivity index (χ1n) is 6.75. The van der Waals surface area contributed by atoms with Gasteiger partial charge in [0.25, 0.3) is 0 Å². The molecule has 2 nitrogen and oxygen atoms in total. The summed E-state index contributed by atoms with van der Waals surface area (Å²) in [4.78, 5) is 2.13. The summed E-state index contributed by atoms with van der Waals surface area (Å²) in [7, 11) is 0. The average Bonchev–Trinajstić information content (AvgIpc) is 2.14. The monoisotopic (exact) mass is 247 g/mol. The van der Waals surface area contributed by atoms with Gasteiger partial charge in [-0.05, 0) is 25.2 Å². The first-order chi connectivity index (χ1) is 7.92. The lowest BCUT2D eigenvalue weighted by atomic mass is 9.83. The van der Waals surface area contributed by atoms with Crippen LogP contribution in [0.2, 0.25) is 0 Å². The SMILES string of the molecule is CCCC1(O)CN(CC2CCCC(F)(F)C2)C1. The lowest BCUT2D eigenvalue weighted by molar-refractivity contribution is -0.118. The Morgan fingerprint density at radius 3 is 2.65 bits per heavy atom. The van der Waals surface area contributed by atoms with Crippen LogP contribution < -0.4 is 0 Å². The van der Waals surface area contributed by atoms with Crippen molar-refractivity contribution in [2.45, 2.75) is 57.0 Å². The van der Waals surface area contributed by atoms with E-state index in [4.69, 9.17) is 0 Å². The van der Waals surface area contributed by atoms with Crippen LogP contribution in [0.5, 0.6) is 0 Å². The molecule has 1 saturated carbocycles. The molecule has 1 aliphatic carbocycles. The summed E-state index contributed by atoms with van der Waals surface area (Å²) >= 11 is 0. The Kier molecular flexibility index (Phi) is 3.74. The molecule has 1 N–H and O–H groups in total. The Morgan fingerprint density at radius 1 is 1.35 bits per heavy atom. The van der Waals surface area contributed by atoms with E-state index < -0.39 is 11.5 Å². The third-order valence-corrected chi connectivity index (χ3v) is 4.01. The van der Waals surface area contributed by atoms with Gasteiger partial charge in [-0.25, -0.2) is 8.78 Å². The van der Waals surface area contributed by atoms with Crippen LogP contribution >= 0.6 is 0 Å². The van der Waals surface area contributed by atoms with E-state index in [0.717, 1.165) is 25.8 Å². The van der Waals surface area contributed by atoms with Crippen molar-refractivity contribution in [3.05, 3.63) is 0 Å². The maximum atomic E-state index is 13.2. The number of halogens is 2. The van der Waals surface area contributed by atoms with Crippen molar-refractivity contribution >= 4 is 0 Å². The van der Waals surface area contributed by atoms with Crippen molar-refractivity contribution in [2.75, 3.05) is 19.6 Å². The molecule has 1 heterocycles. The summed E-state index contributed by atoms with van der Waals surface area (Å²) in [6.45, 7) is 4.13. The van der Waals surface area contributed by atoms with Crippen LogP contribution in [0.1, 0.15) is 45.4 Å². The van der Waals surface area contributed by atoms with Gasteiger partial charge in [0.05, 0.1) is 5.60 Å². The van der Waals surface area contributed by atoms with E-state index in [-0.39, 0.29) is 18.8 Å². The molecule has 0 radical (unpaired) electrons. The second-order valence-corrected chi connectivity index (χ2v) is 5.96. The molecule has 2 rings (SSSR count). The van der Waals surface area contributed by atoms with Gasteiger partial charge in [0.15, 0.2) is 0 Å². The van der Waals surface area contributed by atoms with E-state index in [1.165, 1.54) is 0 Å². The van der Waals surface area contributed by atoms with Crippen LogP contribution in [-0.2, 0) is 0 Å². The molecule has 0 aromatic rings. The van der Waals surface area contributed by atoms with Crippen LogP contribution in [0.25, 0.3) is 0 Å². The van der Waals surface area contributed by atoms with Crippen LogP contribution in [0, 0.1) is 5.92 Å². The number of nitrogens with zero attached hydrogens (tertiary/aromatic N) is 1. The predicted octanol–water partition coefficient (Wildman–Crippen LogP) is 2.66. The molecule has 0 amide bonds. The number of rotatable bonds is 4. The highest BCUT2D eigenvalue weighted by Gasteiger charge is 2.43. The van der Waals surface area contributed by atoms with E-state index in [2.05, 4.69) is 11.8 Å². The molecule has 100 valence electrons. The molecule has 0 spiro atoms. The van der Waals surface area contributed by atoms with Gasteiger partial charge < -0.3 is 5.11 Å². The van der Waals surface area contributed by atoms with Crippen molar-refractivity contribution < 1.29 is 13.9 Å². The minimum atomic E-state index is -2.45. The van der Waals surface area contributed by atoms with Crippen LogP contribution in [-0.4, -0.2) is 41.2 Å². The lowest BCUT2D eigenvalue weighted by Gasteiger charge is -2.48. The molecule has 1 atom stereocenters. The topological polar surface area (TPSA) is 23.5 Å². The van der Waals surface area contributed by atoms with Crippen molar-refractivity contribution in [3.63, 3.8) is 0 Å². The summed E-state index contributed by atoms with van der Waals surface area (Å²) in [5, 5.41) is 10.0. The lowest BCUT2D eigenvalue weighted by Crippen LogP contribution is -2.62. The zero-order chi connectivity index (χ0) is 12.5. The molecule has 2 aliphatic rings. The summed E-state index contributed by atoms with van der Waals surface area (Å²) in [5.41, 5.74) is -0.536. The second-order valence-electron chi connectivity index (χ2n) is 5.96. The van der Waals surface area contributed by atoms with Crippen molar-refractivity contribution in [1.29, 1.82) is 0 Å². The number of likely N-dealkylation sites (tertiary alicyclic amines) is 1. The third-order valence-electron chi connectivity index (χ3n) is 4.01. The number of aliphatic hydroxyl groups is 1. The minimum Gasteiger partial charge on any atom is -0.387 e. The molecule has 2 fully saturated rings. The number of β-amino-alcohol motifs (C(OH)–C–C–N with tert-alkyl or cyclic N) is 1. The van der Waals surface area contributed by atoms with Gasteiger partial charge in [0.2, 0.25) is 5.92 Å². The van der Waals surface area contributed by atoms with E-state index >= 15 is 0 Å². The maximum Gasteiger partial charge on any atom is 0.248 e. The van der Waals surface area contributed by atoms with E-state index in [9.17, 15) is 13.9 Å². The van der Waals surface area contributed by atoms with Gasteiger partial charge in [-0.2, -0.15) is 0 Å². The summed E-state index contributed by atoms with van der Waals surface area (Å²) in [5.74, 6) is -2.34. The Balaban J connectivity index is 1.73. The molecule has 1 saturated heterocycles. The standard InChI is InChI=1S/C13H23F2NO/c1-2-5-12(17)9-16(10-12)8-11-4-3-6-13(14,15)7-11/h11,17H,2-10H2,1H3. The van der Waals surface area contributed by atoms with Gasteiger partial charge in [-0.15, -0.1) is 0 Å². The first kappa shape index (κ1) is 13.2. The zero-order valence-corrected chi connectivity index (χ0v) is 10.6. The van der Waals surface area contributed by atoms with Crippen molar-refractivity contribution in [1.82, 2.24) is 4.90 Å². The smallest absolute Gasteiger partial charge is 0.248 e. The Morgan fingerprint density at radius 2 is 2.06 bits per heavy atom. The molecule has 1 unspecified atom stereocenters. The summed E-state index contributed by atoms with van der Waals surface area (Å²) in [6, 6.07) is 0. The second kappa shape index (κ2) is 4.81. The average molecular weight is 247 g/mol. The van der Waals surface area contributed by atoms with E-state index in [1.54, 1.807) is 0 Å². The minimum absolute atomic E-state index is 0.0374. The fourth-order valence-corrected chi connectivity index (χ4v) is 3.34. The summed E-state index contributed by atoms with van der Waals surface area (Å²) in [6.07, 6.45) is 3.46. The largest absolute Gasteiger partial charge is 0.387 e. The normalized spacial score (nSPS) is 32.1. The highest BCUT2D eigenvalue weighted by molar-refractivity contribution is 4.96. The molecule has 17 heavy (non-hydrogen) atoms. The maximum absolute atomic E-state index is 13.2. The highest BCUT2D eigenvalue weighted by Crippen LogP contribution is 2.38. The van der Waals surface area contributed by atoms with E-state index in [1.807, 2.05) is 0 Å². The van der Waals surface area contributed by atoms with Gasteiger partial charge in [-0.1, -0.05) is 13.3 Å². The zero-order valence-electron chi connectivity index (χ0n) is 10.6. The van der Waals surface area contributed by atoms with Crippen LogP contribution in [0.3, 0.4) is 0 Å². The van der Waals surface area contributed by atoms with Gasteiger partial charge in [0.1, 0.15) is 0 Å². The van der Waals surface area contributed by atoms with Crippen LogP contribution in [0.4, 0.5) is 8.78 Å². The number of alkyl halides is 2. The van der Waals surface area contributed by atoms with Gasteiger partial charge >= 0.3 is 0 Å². The fourth-order valence-electron chi connectivity index (χ4n) is 3.34. The van der Waals surface area contributed by atoms with Gasteiger partial charge in [-0.3, -0.25) is 4.90 Å². The third kappa shape index (κ3) is 3.38. The number of hydrogen-bond donors (Lipinski definition) is 1. The number of hydrogen-bond acceptors (Lipinski definition) is 2. The highest BCUT2D eigenvalue weighted by atomic mass is 19.3. The Labute approximate surface area is 102 Å². The molecule has 0 bridgehead atoms. The molecular weight excluding hydrogens is 224 g/mol. The Bertz CT molecular complexity index is 264.